The summed E-state index contributed by atoms with van der Waals surface area (Å²) in [6.45, 7) is 2.28. The SMILES string of the molecule is COCCC(C)n1c(=O)cc(Cl)[nH]c1=O. The third-order valence-corrected chi connectivity index (χ3v) is 2.32. The Kier molecular flexibility index (Phi) is 4.11. The lowest BCUT2D eigenvalue weighted by atomic mass is 10.2. The van der Waals surface area contributed by atoms with Crippen LogP contribution in [0.4, 0.5) is 0 Å². The maximum Gasteiger partial charge on any atom is 0.329 e. The summed E-state index contributed by atoms with van der Waals surface area (Å²) in [5, 5.41) is 0.0557. The highest BCUT2D eigenvalue weighted by Crippen LogP contribution is 2.05. The third kappa shape index (κ3) is 2.94. The van der Waals surface area contributed by atoms with Crippen molar-refractivity contribution in [1.29, 1.82) is 0 Å². The number of hydrogen-bond acceptors (Lipinski definition) is 3. The number of nitrogens with zero attached hydrogens (tertiary/aromatic N) is 1. The van der Waals surface area contributed by atoms with Crippen molar-refractivity contribution in [2.24, 2.45) is 0 Å². The molecule has 0 saturated carbocycles. The number of H-pyrrole nitrogens is 1. The van der Waals surface area contributed by atoms with Crippen LogP contribution in [0, 0.1) is 0 Å². The highest BCUT2D eigenvalue weighted by Gasteiger charge is 2.10. The monoisotopic (exact) mass is 232 g/mol. The lowest BCUT2D eigenvalue weighted by Gasteiger charge is -2.12. The van der Waals surface area contributed by atoms with E-state index in [1.54, 1.807) is 14.0 Å². The van der Waals surface area contributed by atoms with E-state index in [4.69, 9.17) is 16.3 Å². The molecule has 0 aliphatic rings. The average molecular weight is 233 g/mol. The van der Waals surface area contributed by atoms with Crippen LogP contribution in [-0.4, -0.2) is 23.3 Å². The van der Waals surface area contributed by atoms with Crippen molar-refractivity contribution in [2.45, 2.75) is 19.4 Å². The Morgan fingerprint density at radius 1 is 1.60 bits per heavy atom. The molecule has 0 aliphatic heterocycles. The number of methoxy groups -OCH3 is 1. The zero-order chi connectivity index (χ0) is 11.4. The van der Waals surface area contributed by atoms with Gasteiger partial charge in [-0.05, 0) is 13.3 Å². The predicted molar refractivity (Wildman–Crippen MR) is 57.5 cm³/mol. The lowest BCUT2D eigenvalue weighted by molar-refractivity contribution is 0.179. The van der Waals surface area contributed by atoms with Crippen LogP contribution in [0.1, 0.15) is 19.4 Å². The van der Waals surface area contributed by atoms with Crippen molar-refractivity contribution >= 4 is 11.6 Å². The van der Waals surface area contributed by atoms with Crippen LogP contribution in [-0.2, 0) is 4.74 Å². The molecule has 0 aliphatic carbocycles. The number of halogens is 1. The van der Waals surface area contributed by atoms with Gasteiger partial charge in [0.15, 0.2) is 0 Å². The van der Waals surface area contributed by atoms with Crippen molar-refractivity contribution in [2.75, 3.05) is 13.7 Å². The molecule has 1 atom stereocenters. The summed E-state index contributed by atoms with van der Waals surface area (Å²) in [7, 11) is 1.57. The Hall–Kier alpha value is -1.07. The van der Waals surface area contributed by atoms with E-state index in [0.717, 1.165) is 4.57 Å². The molecule has 5 nitrogen and oxygen atoms in total. The first kappa shape index (κ1) is 12.0. The fourth-order valence-corrected chi connectivity index (χ4v) is 1.49. The van der Waals surface area contributed by atoms with Crippen LogP contribution >= 0.6 is 11.6 Å². The number of hydrogen-bond donors (Lipinski definition) is 1. The molecule has 84 valence electrons. The molecule has 0 spiro atoms. The summed E-state index contributed by atoms with van der Waals surface area (Å²) in [6, 6.07) is 0.977. The van der Waals surface area contributed by atoms with Gasteiger partial charge in [-0.3, -0.25) is 14.3 Å². The van der Waals surface area contributed by atoms with E-state index in [1.807, 2.05) is 0 Å². The molecular weight excluding hydrogens is 220 g/mol. The first-order valence-electron chi connectivity index (χ1n) is 4.56. The molecule has 1 aromatic rings. The van der Waals surface area contributed by atoms with Gasteiger partial charge in [-0.15, -0.1) is 0 Å². The van der Waals surface area contributed by atoms with E-state index in [-0.39, 0.29) is 11.2 Å². The first-order chi connectivity index (χ1) is 7.06. The van der Waals surface area contributed by atoms with Gasteiger partial charge in [0.2, 0.25) is 0 Å². The smallest absolute Gasteiger partial charge is 0.329 e. The van der Waals surface area contributed by atoms with Crippen molar-refractivity contribution in [3.8, 4) is 0 Å². The topological polar surface area (TPSA) is 64.1 Å². The van der Waals surface area contributed by atoms with E-state index in [2.05, 4.69) is 4.98 Å². The fraction of sp³-hybridized carbons (Fsp3) is 0.556. The van der Waals surface area contributed by atoms with Crippen LogP contribution in [0.2, 0.25) is 5.15 Å². The Balaban J connectivity index is 3.04. The van der Waals surface area contributed by atoms with Crippen LogP contribution in [0.3, 0.4) is 0 Å². The van der Waals surface area contributed by atoms with Crippen molar-refractivity contribution < 1.29 is 4.74 Å². The minimum atomic E-state index is -0.490. The third-order valence-electron chi connectivity index (χ3n) is 2.11. The van der Waals surface area contributed by atoms with Gasteiger partial charge in [0, 0.05) is 25.8 Å². The van der Waals surface area contributed by atoms with Gasteiger partial charge in [-0.25, -0.2) is 4.79 Å². The first-order valence-corrected chi connectivity index (χ1v) is 4.94. The summed E-state index contributed by atoms with van der Waals surface area (Å²) >= 11 is 5.54. The number of nitrogens with one attached hydrogen (secondary N) is 1. The maximum atomic E-state index is 11.5. The highest BCUT2D eigenvalue weighted by atomic mass is 35.5. The van der Waals surface area contributed by atoms with Crippen LogP contribution < -0.4 is 11.2 Å². The average Bonchev–Trinajstić information content (AvgIpc) is 2.12. The quantitative estimate of drug-likeness (QED) is 0.781. The van der Waals surface area contributed by atoms with Crippen LogP contribution in [0.5, 0.6) is 0 Å². The lowest BCUT2D eigenvalue weighted by Crippen LogP contribution is -2.37. The van der Waals surface area contributed by atoms with E-state index in [9.17, 15) is 9.59 Å². The zero-order valence-corrected chi connectivity index (χ0v) is 9.37. The minimum absolute atomic E-state index is 0.0557. The second-order valence-electron chi connectivity index (χ2n) is 3.26. The summed E-state index contributed by atoms with van der Waals surface area (Å²) in [5.74, 6) is 0. The van der Waals surface area contributed by atoms with Gasteiger partial charge < -0.3 is 4.74 Å². The normalized spacial score (nSPS) is 12.7. The van der Waals surface area contributed by atoms with Gasteiger partial charge >= 0.3 is 5.69 Å². The molecule has 1 rings (SSSR count). The van der Waals surface area contributed by atoms with Gasteiger partial charge in [0.05, 0.1) is 0 Å². The molecular formula is C9H13ClN2O3. The molecule has 0 radical (unpaired) electrons. The second kappa shape index (κ2) is 5.14. The molecule has 0 bridgehead atoms. The van der Waals surface area contributed by atoms with Crippen LogP contribution in [0.15, 0.2) is 15.7 Å². The van der Waals surface area contributed by atoms with Crippen molar-refractivity contribution in [3.05, 3.63) is 32.1 Å². The van der Waals surface area contributed by atoms with Gasteiger partial charge in [0.1, 0.15) is 5.15 Å². The maximum absolute atomic E-state index is 11.5. The Morgan fingerprint density at radius 2 is 2.27 bits per heavy atom. The highest BCUT2D eigenvalue weighted by molar-refractivity contribution is 6.29. The summed E-state index contributed by atoms with van der Waals surface area (Å²) in [6.07, 6.45) is 0.598. The standard InChI is InChI=1S/C9H13ClN2O3/c1-6(3-4-15-2)12-8(13)5-7(10)11-9(12)14/h5-6H,3-4H2,1-2H3,(H,11,14). The number of rotatable bonds is 4. The summed E-state index contributed by atoms with van der Waals surface area (Å²) in [4.78, 5) is 25.3. The van der Waals surface area contributed by atoms with E-state index in [1.165, 1.54) is 6.07 Å². The molecule has 1 aromatic heterocycles. The van der Waals surface area contributed by atoms with Crippen molar-refractivity contribution in [3.63, 3.8) is 0 Å². The molecule has 0 saturated heterocycles. The second-order valence-corrected chi connectivity index (χ2v) is 3.67. The molecule has 0 amide bonds. The number of aromatic nitrogens is 2. The Morgan fingerprint density at radius 3 is 2.80 bits per heavy atom. The molecule has 0 fully saturated rings. The van der Waals surface area contributed by atoms with Gasteiger partial charge in [-0.1, -0.05) is 11.6 Å². The van der Waals surface area contributed by atoms with E-state index >= 15 is 0 Å². The van der Waals surface area contributed by atoms with Gasteiger partial charge in [0.25, 0.3) is 5.56 Å². The molecule has 1 heterocycles. The Bertz CT molecular complexity index is 406. The summed E-state index contributed by atoms with van der Waals surface area (Å²) < 4.78 is 6.01. The number of aromatic amines is 1. The molecule has 6 heteroatoms. The number of ether oxygens (including phenoxy) is 1. The zero-order valence-electron chi connectivity index (χ0n) is 8.62. The fourth-order valence-electron chi connectivity index (χ4n) is 1.31. The Labute approximate surface area is 91.6 Å². The minimum Gasteiger partial charge on any atom is -0.385 e. The van der Waals surface area contributed by atoms with E-state index < -0.39 is 11.2 Å². The summed E-state index contributed by atoms with van der Waals surface area (Å²) in [5.41, 5.74) is -0.886. The predicted octanol–water partition coefficient (Wildman–Crippen LogP) is 0.788. The largest absolute Gasteiger partial charge is 0.385 e. The van der Waals surface area contributed by atoms with E-state index in [0.29, 0.717) is 13.0 Å². The molecule has 15 heavy (non-hydrogen) atoms. The van der Waals surface area contributed by atoms with Gasteiger partial charge in [-0.2, -0.15) is 0 Å². The molecule has 1 unspecified atom stereocenters. The molecule has 0 aromatic carbocycles. The molecule has 1 N–H and O–H groups in total. The van der Waals surface area contributed by atoms with Crippen molar-refractivity contribution in [1.82, 2.24) is 9.55 Å². The van der Waals surface area contributed by atoms with Crippen LogP contribution in [0.25, 0.3) is 0 Å².